The van der Waals surface area contributed by atoms with Crippen molar-refractivity contribution in [2.75, 3.05) is 13.1 Å². The average molecular weight is 319 g/mol. The highest BCUT2D eigenvalue weighted by Gasteiger charge is 2.13. The summed E-state index contributed by atoms with van der Waals surface area (Å²) >= 11 is 0. The van der Waals surface area contributed by atoms with Crippen LogP contribution in [0.3, 0.4) is 0 Å². The fraction of sp³-hybridized carbons (Fsp3) is 0.200. The Balaban J connectivity index is 1.83. The van der Waals surface area contributed by atoms with Gasteiger partial charge in [0.1, 0.15) is 0 Å². The van der Waals surface area contributed by atoms with Gasteiger partial charge in [-0.2, -0.15) is 0 Å². The molecule has 0 atom stereocenters. The number of hydrogen-bond donors (Lipinski definition) is 2. The number of carbonyl (C=O) groups excluding carboxylic acids is 1. The molecule has 0 bridgehead atoms. The first-order valence-electron chi connectivity index (χ1n) is 6.73. The van der Waals surface area contributed by atoms with Crippen molar-refractivity contribution < 1.29 is 13.2 Å². The predicted octanol–water partition coefficient (Wildman–Crippen LogP) is 1.10. The zero-order chi connectivity index (χ0) is 16.0. The third kappa shape index (κ3) is 4.37. The first kappa shape index (κ1) is 16.1. The molecule has 2 aromatic rings. The van der Waals surface area contributed by atoms with E-state index in [-0.39, 0.29) is 23.9 Å². The molecule has 0 fully saturated rings. The Hall–Kier alpha value is -2.25. The lowest BCUT2D eigenvalue weighted by Gasteiger charge is -2.08. The Morgan fingerprint density at radius 2 is 1.86 bits per heavy atom. The molecule has 0 aliphatic rings. The van der Waals surface area contributed by atoms with E-state index in [1.54, 1.807) is 42.6 Å². The van der Waals surface area contributed by atoms with Crippen molar-refractivity contribution in [3.8, 4) is 0 Å². The minimum atomic E-state index is -3.55. The Morgan fingerprint density at radius 3 is 2.50 bits per heavy atom. The van der Waals surface area contributed by atoms with Gasteiger partial charge in [0.25, 0.3) is 5.91 Å². The highest BCUT2D eigenvalue weighted by Crippen LogP contribution is 2.09. The van der Waals surface area contributed by atoms with E-state index in [1.807, 2.05) is 6.92 Å². The third-order valence-electron chi connectivity index (χ3n) is 2.96. The van der Waals surface area contributed by atoms with Crippen LogP contribution in [0.4, 0.5) is 0 Å². The highest BCUT2D eigenvalue weighted by atomic mass is 32.2. The largest absolute Gasteiger partial charge is 0.351 e. The number of amides is 1. The maximum absolute atomic E-state index is 12.0. The summed E-state index contributed by atoms with van der Waals surface area (Å²) in [4.78, 5) is 15.8. The second-order valence-corrected chi connectivity index (χ2v) is 6.48. The van der Waals surface area contributed by atoms with Gasteiger partial charge in [0.05, 0.1) is 10.5 Å². The molecule has 1 aromatic heterocycles. The van der Waals surface area contributed by atoms with Gasteiger partial charge in [0.15, 0.2) is 0 Å². The molecular formula is C15H17N3O3S. The standard InChI is InChI=1S/C15H17N3O3S/c1-12-4-6-14(7-5-12)22(20,21)18-10-9-17-15(19)13-3-2-8-16-11-13/h2-8,11,18H,9-10H2,1H3,(H,17,19). The number of carbonyl (C=O) groups is 1. The van der Waals surface area contributed by atoms with Gasteiger partial charge < -0.3 is 5.32 Å². The van der Waals surface area contributed by atoms with E-state index in [0.717, 1.165) is 5.56 Å². The van der Waals surface area contributed by atoms with Crippen molar-refractivity contribution >= 4 is 15.9 Å². The number of aromatic nitrogens is 1. The zero-order valence-electron chi connectivity index (χ0n) is 12.1. The first-order chi connectivity index (χ1) is 10.5. The summed E-state index contributed by atoms with van der Waals surface area (Å²) in [7, 11) is -3.55. The van der Waals surface area contributed by atoms with E-state index in [0.29, 0.717) is 5.56 Å². The lowest BCUT2D eigenvalue weighted by atomic mass is 10.2. The zero-order valence-corrected chi connectivity index (χ0v) is 12.9. The van der Waals surface area contributed by atoms with Crippen molar-refractivity contribution in [2.24, 2.45) is 0 Å². The normalized spacial score (nSPS) is 11.1. The second kappa shape index (κ2) is 7.15. The van der Waals surface area contributed by atoms with Gasteiger partial charge in [-0.05, 0) is 31.2 Å². The molecule has 2 rings (SSSR count). The molecule has 6 nitrogen and oxygen atoms in total. The molecule has 116 valence electrons. The maximum atomic E-state index is 12.0. The summed E-state index contributed by atoms with van der Waals surface area (Å²) in [5, 5.41) is 2.63. The molecule has 22 heavy (non-hydrogen) atoms. The van der Waals surface area contributed by atoms with Crippen LogP contribution in [0.25, 0.3) is 0 Å². The Bertz CT molecular complexity index is 728. The summed E-state index contributed by atoms with van der Waals surface area (Å²) < 4.78 is 26.5. The van der Waals surface area contributed by atoms with Crippen LogP contribution in [0.15, 0.2) is 53.7 Å². The van der Waals surface area contributed by atoms with Gasteiger partial charge in [-0.15, -0.1) is 0 Å². The fourth-order valence-corrected chi connectivity index (χ4v) is 2.79. The molecule has 0 aliphatic carbocycles. The Kier molecular flexibility index (Phi) is 5.24. The van der Waals surface area contributed by atoms with Gasteiger partial charge in [0.2, 0.25) is 10.0 Å². The van der Waals surface area contributed by atoms with Crippen LogP contribution >= 0.6 is 0 Å². The molecule has 0 unspecified atom stereocenters. The number of sulfonamides is 1. The Morgan fingerprint density at radius 1 is 1.14 bits per heavy atom. The summed E-state index contributed by atoms with van der Waals surface area (Å²) in [5.41, 5.74) is 1.42. The summed E-state index contributed by atoms with van der Waals surface area (Å²) in [6.07, 6.45) is 3.03. The fourth-order valence-electron chi connectivity index (χ4n) is 1.76. The second-order valence-electron chi connectivity index (χ2n) is 4.71. The number of benzene rings is 1. The SMILES string of the molecule is Cc1ccc(S(=O)(=O)NCCNC(=O)c2cccnc2)cc1. The summed E-state index contributed by atoms with van der Waals surface area (Å²) in [6.45, 7) is 2.19. The van der Waals surface area contributed by atoms with E-state index in [1.165, 1.54) is 6.20 Å². The van der Waals surface area contributed by atoms with Crippen molar-refractivity contribution in [1.29, 1.82) is 0 Å². The molecular weight excluding hydrogens is 302 g/mol. The number of nitrogens with zero attached hydrogens (tertiary/aromatic N) is 1. The topological polar surface area (TPSA) is 88.2 Å². The molecule has 7 heteroatoms. The lowest BCUT2D eigenvalue weighted by molar-refractivity contribution is 0.0954. The van der Waals surface area contributed by atoms with Crippen LogP contribution in [-0.2, 0) is 10.0 Å². The average Bonchev–Trinajstić information content (AvgIpc) is 2.52. The molecule has 0 saturated carbocycles. The van der Waals surface area contributed by atoms with Crippen molar-refractivity contribution in [1.82, 2.24) is 15.0 Å². The number of pyridine rings is 1. The maximum Gasteiger partial charge on any atom is 0.252 e. The van der Waals surface area contributed by atoms with E-state index >= 15 is 0 Å². The van der Waals surface area contributed by atoms with Crippen LogP contribution in [-0.4, -0.2) is 32.4 Å². The smallest absolute Gasteiger partial charge is 0.252 e. The molecule has 0 spiro atoms. The molecule has 0 aliphatic heterocycles. The molecule has 0 radical (unpaired) electrons. The first-order valence-corrected chi connectivity index (χ1v) is 8.22. The van der Waals surface area contributed by atoms with Crippen molar-refractivity contribution in [2.45, 2.75) is 11.8 Å². The number of hydrogen-bond acceptors (Lipinski definition) is 4. The number of nitrogens with one attached hydrogen (secondary N) is 2. The minimum absolute atomic E-state index is 0.113. The van der Waals surface area contributed by atoms with E-state index in [2.05, 4.69) is 15.0 Å². The predicted molar refractivity (Wildman–Crippen MR) is 82.9 cm³/mol. The minimum Gasteiger partial charge on any atom is -0.351 e. The van der Waals surface area contributed by atoms with Gasteiger partial charge in [-0.1, -0.05) is 17.7 Å². The number of aryl methyl sites for hydroxylation is 1. The van der Waals surface area contributed by atoms with E-state index < -0.39 is 10.0 Å². The van der Waals surface area contributed by atoms with E-state index in [9.17, 15) is 13.2 Å². The molecule has 2 N–H and O–H groups in total. The van der Waals surface area contributed by atoms with E-state index in [4.69, 9.17) is 0 Å². The van der Waals surface area contributed by atoms with Gasteiger partial charge in [-0.3, -0.25) is 9.78 Å². The van der Waals surface area contributed by atoms with Gasteiger partial charge in [-0.25, -0.2) is 13.1 Å². The quantitative estimate of drug-likeness (QED) is 0.780. The number of rotatable bonds is 6. The summed E-state index contributed by atoms with van der Waals surface area (Å²) in [5.74, 6) is -0.289. The highest BCUT2D eigenvalue weighted by molar-refractivity contribution is 7.89. The lowest BCUT2D eigenvalue weighted by Crippen LogP contribution is -2.34. The molecule has 0 saturated heterocycles. The monoisotopic (exact) mass is 319 g/mol. The van der Waals surface area contributed by atoms with Crippen molar-refractivity contribution in [3.63, 3.8) is 0 Å². The third-order valence-corrected chi connectivity index (χ3v) is 4.43. The summed E-state index contributed by atoms with van der Waals surface area (Å²) in [6, 6.07) is 9.86. The van der Waals surface area contributed by atoms with Gasteiger partial charge >= 0.3 is 0 Å². The molecule has 1 amide bonds. The van der Waals surface area contributed by atoms with Gasteiger partial charge in [0, 0.05) is 25.5 Å². The van der Waals surface area contributed by atoms with Crippen molar-refractivity contribution in [3.05, 3.63) is 59.9 Å². The Labute approximate surface area is 129 Å². The van der Waals surface area contributed by atoms with Crippen LogP contribution in [0.5, 0.6) is 0 Å². The van der Waals surface area contributed by atoms with Crippen LogP contribution < -0.4 is 10.0 Å². The molecule has 1 aromatic carbocycles. The van der Waals surface area contributed by atoms with Crippen LogP contribution in [0, 0.1) is 6.92 Å². The molecule has 1 heterocycles. The van der Waals surface area contributed by atoms with Crippen LogP contribution in [0.2, 0.25) is 0 Å². The van der Waals surface area contributed by atoms with Crippen LogP contribution in [0.1, 0.15) is 15.9 Å².